The third-order valence-corrected chi connectivity index (χ3v) is 5.15. The normalized spacial score (nSPS) is 22.4. The summed E-state index contributed by atoms with van der Waals surface area (Å²) in [5.74, 6) is 0.480. The number of hydrogen-bond acceptors (Lipinski definition) is 5. The van der Waals surface area contributed by atoms with E-state index in [4.69, 9.17) is 9.47 Å². The number of ether oxygens (including phenoxy) is 2. The van der Waals surface area contributed by atoms with Gasteiger partial charge in [-0.15, -0.1) is 0 Å². The Balaban J connectivity index is 1.89. The van der Waals surface area contributed by atoms with Gasteiger partial charge in [0, 0.05) is 6.04 Å². The molecule has 1 fully saturated rings. The quantitative estimate of drug-likeness (QED) is 0.472. The molecule has 0 radical (unpaired) electrons. The van der Waals surface area contributed by atoms with Crippen LogP contribution in [0, 0.1) is 23.2 Å². The number of nitrogens with one attached hydrogen (secondary N) is 1. The molecular weight excluding hydrogens is 344 g/mol. The molecule has 0 spiro atoms. The lowest BCUT2D eigenvalue weighted by Crippen LogP contribution is -2.45. The maximum Gasteiger partial charge on any atom is 0.349 e. The minimum atomic E-state index is -0.812. The molecule has 3 atom stereocenters. The molecule has 2 rings (SSSR count). The van der Waals surface area contributed by atoms with Crippen LogP contribution in [0.3, 0.4) is 0 Å². The van der Waals surface area contributed by atoms with Gasteiger partial charge in [-0.1, -0.05) is 38.8 Å². The summed E-state index contributed by atoms with van der Waals surface area (Å²) < 4.78 is 10.1. The van der Waals surface area contributed by atoms with Crippen molar-refractivity contribution < 1.29 is 19.1 Å². The number of esters is 1. The highest BCUT2D eigenvalue weighted by atomic mass is 16.5. The van der Waals surface area contributed by atoms with Crippen LogP contribution in [0.2, 0.25) is 0 Å². The third-order valence-electron chi connectivity index (χ3n) is 5.15. The number of nitriles is 1. The van der Waals surface area contributed by atoms with E-state index in [2.05, 4.69) is 19.2 Å². The van der Waals surface area contributed by atoms with Crippen LogP contribution in [0.25, 0.3) is 6.08 Å². The number of carbonyl (C=O) groups excluding carboxylic acids is 2. The molecule has 1 aromatic carbocycles. The predicted molar refractivity (Wildman–Crippen MR) is 102 cm³/mol. The van der Waals surface area contributed by atoms with Crippen molar-refractivity contribution in [3.8, 4) is 11.8 Å². The Bertz CT molecular complexity index is 734. The van der Waals surface area contributed by atoms with Crippen molar-refractivity contribution in [1.29, 1.82) is 5.26 Å². The van der Waals surface area contributed by atoms with Crippen LogP contribution in [0.15, 0.2) is 29.8 Å². The zero-order valence-electron chi connectivity index (χ0n) is 16.0. The second-order valence-electron chi connectivity index (χ2n) is 6.96. The molecule has 1 N–H and O–H groups in total. The van der Waals surface area contributed by atoms with E-state index in [-0.39, 0.29) is 17.5 Å². The maximum atomic E-state index is 12.1. The van der Waals surface area contributed by atoms with Gasteiger partial charge in [0.05, 0.1) is 7.11 Å². The molecule has 0 bridgehead atoms. The highest BCUT2D eigenvalue weighted by Gasteiger charge is 2.28. The fourth-order valence-corrected chi connectivity index (χ4v) is 3.25. The van der Waals surface area contributed by atoms with Crippen molar-refractivity contribution in [2.24, 2.45) is 11.8 Å². The van der Waals surface area contributed by atoms with E-state index in [1.165, 1.54) is 12.5 Å². The summed E-state index contributed by atoms with van der Waals surface area (Å²) in [6.07, 6.45) is 4.61. The second-order valence-corrected chi connectivity index (χ2v) is 6.96. The Kier molecular flexibility index (Phi) is 7.42. The Morgan fingerprint density at radius 3 is 2.59 bits per heavy atom. The zero-order chi connectivity index (χ0) is 19.8. The van der Waals surface area contributed by atoms with Gasteiger partial charge in [0.1, 0.15) is 17.4 Å². The Morgan fingerprint density at radius 1 is 1.26 bits per heavy atom. The average molecular weight is 370 g/mol. The first-order chi connectivity index (χ1) is 12.9. The molecule has 144 valence electrons. The molecule has 1 aliphatic carbocycles. The van der Waals surface area contributed by atoms with Gasteiger partial charge in [-0.25, -0.2) is 4.79 Å². The van der Waals surface area contributed by atoms with E-state index in [0.717, 1.165) is 12.8 Å². The summed E-state index contributed by atoms with van der Waals surface area (Å²) >= 11 is 0. The molecule has 1 amide bonds. The number of carbonyl (C=O) groups is 2. The fourth-order valence-electron chi connectivity index (χ4n) is 3.25. The molecule has 1 aliphatic rings. The number of hydrogen-bond donors (Lipinski definition) is 1. The highest BCUT2D eigenvalue weighted by molar-refractivity contribution is 5.98. The number of nitrogens with zero attached hydrogens (tertiary/aromatic N) is 1. The summed E-state index contributed by atoms with van der Waals surface area (Å²) in [4.78, 5) is 24.2. The first-order valence-corrected chi connectivity index (χ1v) is 9.17. The van der Waals surface area contributed by atoms with Crippen molar-refractivity contribution in [3.63, 3.8) is 0 Å². The largest absolute Gasteiger partial charge is 0.497 e. The maximum absolute atomic E-state index is 12.1. The standard InChI is InChI=1S/C21H26N2O4/c1-14-5-4-6-19(15(14)2)23-20(24)13-27-21(25)17(12-22)11-16-7-9-18(26-3)10-8-16/h7-11,14-15,19H,4-6,13H2,1-3H3,(H,23,24)/b17-11+/t14-,15-,19+/m0/s1. The summed E-state index contributed by atoms with van der Waals surface area (Å²) in [5, 5.41) is 12.1. The van der Waals surface area contributed by atoms with E-state index in [0.29, 0.717) is 23.1 Å². The van der Waals surface area contributed by atoms with E-state index in [1.807, 2.05) is 6.07 Å². The van der Waals surface area contributed by atoms with Crippen LogP contribution < -0.4 is 10.1 Å². The van der Waals surface area contributed by atoms with E-state index in [9.17, 15) is 14.9 Å². The molecule has 0 saturated heterocycles. The number of benzene rings is 1. The predicted octanol–water partition coefficient (Wildman–Crippen LogP) is 3.09. The molecule has 0 unspecified atom stereocenters. The first-order valence-electron chi connectivity index (χ1n) is 9.17. The van der Waals surface area contributed by atoms with Gasteiger partial charge < -0.3 is 14.8 Å². The van der Waals surface area contributed by atoms with E-state index in [1.54, 1.807) is 31.4 Å². The van der Waals surface area contributed by atoms with Crippen LogP contribution >= 0.6 is 0 Å². The van der Waals surface area contributed by atoms with Crippen LogP contribution in [0.1, 0.15) is 38.7 Å². The monoisotopic (exact) mass is 370 g/mol. The van der Waals surface area contributed by atoms with Crippen LogP contribution in [-0.4, -0.2) is 31.6 Å². The van der Waals surface area contributed by atoms with E-state index < -0.39 is 12.6 Å². The lowest BCUT2D eigenvalue weighted by molar-refractivity contribution is -0.144. The third kappa shape index (κ3) is 5.85. The van der Waals surface area contributed by atoms with Gasteiger partial charge in [0.15, 0.2) is 6.61 Å². The molecular formula is C21H26N2O4. The summed E-state index contributed by atoms with van der Waals surface area (Å²) in [7, 11) is 1.56. The highest BCUT2D eigenvalue weighted by Crippen LogP contribution is 2.29. The Hall–Kier alpha value is -2.81. The topological polar surface area (TPSA) is 88.4 Å². The molecule has 1 saturated carbocycles. The van der Waals surface area contributed by atoms with Crippen molar-refractivity contribution in [2.75, 3.05) is 13.7 Å². The Labute approximate surface area is 160 Å². The van der Waals surface area contributed by atoms with Crippen LogP contribution in [0.5, 0.6) is 5.75 Å². The van der Waals surface area contributed by atoms with Crippen LogP contribution in [0.4, 0.5) is 0 Å². The van der Waals surface area contributed by atoms with Crippen molar-refractivity contribution in [2.45, 2.75) is 39.2 Å². The Morgan fingerprint density at radius 2 is 1.96 bits per heavy atom. The minimum absolute atomic E-state index is 0.102. The van der Waals surface area contributed by atoms with Gasteiger partial charge >= 0.3 is 5.97 Å². The molecule has 6 heteroatoms. The molecule has 0 aromatic heterocycles. The molecule has 27 heavy (non-hydrogen) atoms. The van der Waals surface area contributed by atoms with E-state index >= 15 is 0 Å². The SMILES string of the molecule is COc1ccc(/C=C(\C#N)C(=O)OCC(=O)N[C@@H]2CCC[C@H](C)[C@@H]2C)cc1. The summed E-state index contributed by atoms with van der Waals surface area (Å²) in [6.45, 7) is 3.93. The molecule has 0 heterocycles. The second kappa shape index (κ2) is 9.77. The number of methoxy groups -OCH3 is 1. The lowest BCUT2D eigenvalue weighted by atomic mass is 9.78. The average Bonchev–Trinajstić information content (AvgIpc) is 2.68. The van der Waals surface area contributed by atoms with Crippen molar-refractivity contribution in [3.05, 3.63) is 35.4 Å². The number of amides is 1. The van der Waals surface area contributed by atoms with Gasteiger partial charge in [-0.3, -0.25) is 4.79 Å². The molecule has 6 nitrogen and oxygen atoms in total. The number of rotatable bonds is 6. The fraction of sp³-hybridized carbons (Fsp3) is 0.476. The summed E-state index contributed by atoms with van der Waals surface area (Å²) in [6, 6.07) is 8.83. The zero-order valence-corrected chi connectivity index (χ0v) is 16.0. The molecule has 1 aromatic rings. The van der Waals surface area contributed by atoms with Gasteiger partial charge in [-0.05, 0) is 42.0 Å². The van der Waals surface area contributed by atoms with Gasteiger partial charge in [-0.2, -0.15) is 5.26 Å². The van der Waals surface area contributed by atoms with Gasteiger partial charge in [0.25, 0.3) is 5.91 Å². The lowest BCUT2D eigenvalue weighted by Gasteiger charge is -2.34. The van der Waals surface area contributed by atoms with Gasteiger partial charge in [0.2, 0.25) is 0 Å². The molecule has 0 aliphatic heterocycles. The van der Waals surface area contributed by atoms with Crippen molar-refractivity contribution in [1.82, 2.24) is 5.32 Å². The smallest absolute Gasteiger partial charge is 0.349 e. The first kappa shape index (κ1) is 20.5. The minimum Gasteiger partial charge on any atom is -0.497 e. The van der Waals surface area contributed by atoms with Crippen molar-refractivity contribution >= 4 is 18.0 Å². The van der Waals surface area contributed by atoms with Crippen LogP contribution in [-0.2, 0) is 14.3 Å². The summed E-state index contributed by atoms with van der Waals surface area (Å²) in [5.41, 5.74) is 0.506.